The Kier molecular flexibility index (Phi) is 5.73. The molecule has 0 fully saturated rings. The average Bonchev–Trinajstić information content (AvgIpc) is 3.14. The summed E-state index contributed by atoms with van der Waals surface area (Å²) in [5.74, 6) is 0.923. The maximum absolute atomic E-state index is 12.9. The van der Waals surface area contributed by atoms with Gasteiger partial charge in [-0.05, 0) is 48.9 Å². The summed E-state index contributed by atoms with van der Waals surface area (Å²) in [5.41, 5.74) is 1.57. The van der Waals surface area contributed by atoms with Crippen LogP contribution in [0.4, 0.5) is 24.7 Å². The minimum absolute atomic E-state index is 0.0485. The van der Waals surface area contributed by atoms with Gasteiger partial charge < -0.3 is 14.6 Å². The van der Waals surface area contributed by atoms with Crippen molar-refractivity contribution in [2.75, 3.05) is 5.32 Å². The molecule has 0 radical (unpaired) electrons. The number of ether oxygens (including phenoxy) is 1. The van der Waals surface area contributed by atoms with Crippen molar-refractivity contribution >= 4 is 34.1 Å². The highest BCUT2D eigenvalue weighted by Gasteiger charge is 2.30. The van der Waals surface area contributed by atoms with Crippen molar-refractivity contribution in [2.24, 2.45) is 0 Å². The van der Waals surface area contributed by atoms with E-state index in [9.17, 15) is 13.2 Å². The Balaban J connectivity index is 1.58. The molecule has 0 spiro atoms. The van der Waals surface area contributed by atoms with Crippen LogP contribution in [0.1, 0.15) is 18.9 Å². The molecule has 31 heavy (non-hydrogen) atoms. The van der Waals surface area contributed by atoms with Crippen LogP contribution in [0.5, 0.6) is 11.5 Å². The summed E-state index contributed by atoms with van der Waals surface area (Å²) in [7, 11) is 0. The molecule has 9 heteroatoms. The van der Waals surface area contributed by atoms with E-state index in [4.69, 9.17) is 16.3 Å². The van der Waals surface area contributed by atoms with E-state index >= 15 is 0 Å². The second-order valence-corrected chi connectivity index (χ2v) is 7.27. The van der Waals surface area contributed by atoms with Crippen molar-refractivity contribution < 1.29 is 17.9 Å². The van der Waals surface area contributed by atoms with Gasteiger partial charge >= 0.3 is 6.18 Å². The molecule has 5 nitrogen and oxygen atoms in total. The predicted octanol–water partition coefficient (Wildman–Crippen LogP) is 7.05. The molecular weight excluding hydrogens is 429 g/mol. The summed E-state index contributed by atoms with van der Waals surface area (Å²) in [5, 5.41) is 3.48. The van der Waals surface area contributed by atoms with Crippen LogP contribution in [0, 0.1) is 0 Å². The second kappa shape index (κ2) is 8.47. The van der Waals surface area contributed by atoms with Gasteiger partial charge in [0.1, 0.15) is 23.3 Å². The van der Waals surface area contributed by atoms with E-state index in [1.165, 1.54) is 18.5 Å². The smallest absolute Gasteiger partial charge is 0.416 e. The van der Waals surface area contributed by atoms with Crippen LogP contribution < -0.4 is 10.1 Å². The van der Waals surface area contributed by atoms with Crippen LogP contribution in [0.25, 0.3) is 11.0 Å². The molecule has 0 unspecified atom stereocenters. The summed E-state index contributed by atoms with van der Waals surface area (Å²) >= 11 is 6.33. The predicted molar refractivity (Wildman–Crippen MR) is 114 cm³/mol. The molecule has 0 aliphatic heterocycles. The highest BCUT2D eigenvalue weighted by molar-refractivity contribution is 6.32. The molecule has 2 aromatic heterocycles. The van der Waals surface area contributed by atoms with E-state index in [-0.39, 0.29) is 16.5 Å². The van der Waals surface area contributed by atoms with Gasteiger partial charge in [0.25, 0.3) is 0 Å². The monoisotopic (exact) mass is 446 g/mol. The number of hydrogen-bond donors (Lipinski definition) is 1. The summed E-state index contributed by atoms with van der Waals surface area (Å²) in [6.45, 7) is 2.92. The molecule has 2 aromatic carbocycles. The van der Waals surface area contributed by atoms with Crippen LogP contribution in [0.2, 0.25) is 5.02 Å². The molecule has 0 saturated carbocycles. The number of nitrogens with one attached hydrogen (secondary N) is 1. The molecule has 2 heterocycles. The highest BCUT2D eigenvalue weighted by Crippen LogP contribution is 2.36. The van der Waals surface area contributed by atoms with Crippen molar-refractivity contribution in [1.82, 2.24) is 14.5 Å². The van der Waals surface area contributed by atoms with Gasteiger partial charge in [0.2, 0.25) is 0 Å². The number of alkyl halides is 3. The minimum atomic E-state index is -4.45. The average molecular weight is 447 g/mol. The number of benzene rings is 2. The zero-order valence-corrected chi connectivity index (χ0v) is 17.2. The van der Waals surface area contributed by atoms with Crippen molar-refractivity contribution in [2.45, 2.75) is 26.1 Å². The fourth-order valence-electron chi connectivity index (χ4n) is 3.21. The minimum Gasteiger partial charge on any atom is -0.456 e. The van der Waals surface area contributed by atoms with Gasteiger partial charge in [0.15, 0.2) is 5.82 Å². The fourth-order valence-corrected chi connectivity index (χ4v) is 3.43. The van der Waals surface area contributed by atoms with Crippen molar-refractivity contribution in [1.29, 1.82) is 0 Å². The lowest BCUT2D eigenvalue weighted by Gasteiger charge is -2.13. The first kappa shape index (κ1) is 21.0. The SMILES string of the molecule is CCCn1ccc2ncnc(Nc3ccc(Oc4cccc(C(F)(F)F)c4)c(Cl)c3)c21. The molecule has 0 aliphatic rings. The molecule has 0 saturated heterocycles. The van der Waals surface area contributed by atoms with Crippen LogP contribution in [0.15, 0.2) is 61.1 Å². The summed E-state index contributed by atoms with van der Waals surface area (Å²) in [6.07, 6.45) is -0.0402. The van der Waals surface area contributed by atoms with Gasteiger partial charge in [-0.3, -0.25) is 0 Å². The summed E-state index contributed by atoms with van der Waals surface area (Å²) < 4.78 is 46.4. The Morgan fingerprint density at radius 1 is 1.10 bits per heavy atom. The van der Waals surface area contributed by atoms with Crippen molar-refractivity contribution in [3.8, 4) is 11.5 Å². The van der Waals surface area contributed by atoms with E-state index in [1.54, 1.807) is 18.2 Å². The van der Waals surface area contributed by atoms with Crippen LogP contribution in [0.3, 0.4) is 0 Å². The highest BCUT2D eigenvalue weighted by atomic mass is 35.5. The first-order valence-electron chi connectivity index (χ1n) is 9.56. The number of anilines is 2. The third kappa shape index (κ3) is 4.59. The molecule has 1 N–H and O–H groups in total. The zero-order chi connectivity index (χ0) is 22.0. The second-order valence-electron chi connectivity index (χ2n) is 6.86. The van der Waals surface area contributed by atoms with Crippen molar-refractivity contribution in [3.05, 3.63) is 71.6 Å². The molecule has 0 aliphatic carbocycles. The van der Waals surface area contributed by atoms with Gasteiger partial charge in [-0.2, -0.15) is 13.2 Å². The van der Waals surface area contributed by atoms with Crippen LogP contribution >= 0.6 is 11.6 Å². The van der Waals surface area contributed by atoms with E-state index in [1.807, 2.05) is 12.3 Å². The summed E-state index contributed by atoms with van der Waals surface area (Å²) in [4.78, 5) is 8.64. The first-order valence-corrected chi connectivity index (χ1v) is 9.94. The molecule has 0 bridgehead atoms. The number of aromatic nitrogens is 3. The number of rotatable bonds is 6. The zero-order valence-electron chi connectivity index (χ0n) is 16.4. The first-order chi connectivity index (χ1) is 14.8. The maximum atomic E-state index is 12.9. The number of fused-ring (bicyclic) bond motifs is 1. The number of aryl methyl sites for hydroxylation is 1. The van der Waals surface area contributed by atoms with E-state index in [0.29, 0.717) is 11.5 Å². The molecule has 0 atom stereocenters. The lowest BCUT2D eigenvalue weighted by molar-refractivity contribution is -0.137. The van der Waals surface area contributed by atoms with E-state index in [2.05, 4.69) is 26.8 Å². The number of halogens is 4. The Hall–Kier alpha value is -3.26. The third-order valence-electron chi connectivity index (χ3n) is 4.60. The van der Waals surface area contributed by atoms with Gasteiger partial charge in [-0.15, -0.1) is 0 Å². The third-order valence-corrected chi connectivity index (χ3v) is 4.89. The lowest BCUT2D eigenvalue weighted by Crippen LogP contribution is -2.04. The molecule has 0 amide bonds. The van der Waals surface area contributed by atoms with Crippen LogP contribution in [-0.2, 0) is 12.7 Å². The Morgan fingerprint density at radius 3 is 2.68 bits per heavy atom. The summed E-state index contributed by atoms with van der Waals surface area (Å²) in [6, 6.07) is 11.5. The van der Waals surface area contributed by atoms with Crippen molar-refractivity contribution in [3.63, 3.8) is 0 Å². The molecule has 4 rings (SSSR count). The number of nitrogens with zero attached hydrogens (tertiary/aromatic N) is 3. The Labute approximate surface area is 181 Å². The molecular formula is C22H18ClF3N4O. The van der Waals surface area contributed by atoms with E-state index in [0.717, 1.165) is 36.1 Å². The fraction of sp³-hybridized carbons (Fsp3) is 0.182. The quantitative estimate of drug-likeness (QED) is 0.345. The topological polar surface area (TPSA) is 52.0 Å². The van der Waals surface area contributed by atoms with E-state index < -0.39 is 11.7 Å². The number of hydrogen-bond acceptors (Lipinski definition) is 4. The Bertz CT molecular complexity index is 1220. The van der Waals surface area contributed by atoms with Crippen LogP contribution in [-0.4, -0.2) is 14.5 Å². The van der Waals surface area contributed by atoms with Gasteiger partial charge in [-0.25, -0.2) is 9.97 Å². The lowest BCUT2D eigenvalue weighted by atomic mass is 10.2. The normalized spacial score (nSPS) is 11.6. The van der Waals surface area contributed by atoms with Gasteiger partial charge in [0, 0.05) is 18.4 Å². The standard InChI is InChI=1S/C22H18ClF3N4O/c1-2-9-30-10-8-18-20(30)21(28-13-27-18)29-15-6-7-19(17(23)12-15)31-16-5-3-4-14(11-16)22(24,25)26/h3-8,10-13H,2,9H2,1H3,(H,27,28,29). The van der Waals surface area contributed by atoms with Gasteiger partial charge in [0.05, 0.1) is 16.1 Å². The van der Waals surface area contributed by atoms with Gasteiger partial charge in [-0.1, -0.05) is 24.6 Å². The Morgan fingerprint density at radius 2 is 1.94 bits per heavy atom. The maximum Gasteiger partial charge on any atom is 0.416 e. The molecule has 160 valence electrons. The largest absolute Gasteiger partial charge is 0.456 e. The molecule has 4 aromatic rings.